The van der Waals surface area contributed by atoms with Crippen LogP contribution < -0.4 is 5.32 Å². The lowest BCUT2D eigenvalue weighted by molar-refractivity contribution is 0.552. The van der Waals surface area contributed by atoms with Gasteiger partial charge in [-0.15, -0.1) is 0 Å². The van der Waals surface area contributed by atoms with Gasteiger partial charge in [0.15, 0.2) is 0 Å². The molecule has 0 heterocycles. The number of hydrogen-bond donors (Lipinski definition) is 1. The first-order chi connectivity index (χ1) is 9.60. The maximum atomic E-state index is 13.2. The summed E-state index contributed by atoms with van der Waals surface area (Å²) < 4.78 is 13.2. The maximum absolute atomic E-state index is 13.2. The van der Waals surface area contributed by atoms with E-state index in [1.165, 1.54) is 16.7 Å². The second-order valence-electron chi connectivity index (χ2n) is 5.39. The summed E-state index contributed by atoms with van der Waals surface area (Å²) >= 11 is 0. The van der Waals surface area contributed by atoms with Gasteiger partial charge in [0.2, 0.25) is 0 Å². The third-order valence-electron chi connectivity index (χ3n) is 3.91. The van der Waals surface area contributed by atoms with E-state index in [9.17, 15) is 4.39 Å². The topological polar surface area (TPSA) is 12.0 Å². The van der Waals surface area contributed by atoms with Gasteiger partial charge in [-0.05, 0) is 68.1 Å². The summed E-state index contributed by atoms with van der Waals surface area (Å²) in [6, 6.07) is 13.9. The minimum absolute atomic E-state index is 0.161. The Balaban J connectivity index is 2.11. The van der Waals surface area contributed by atoms with Crippen LogP contribution in [0.15, 0.2) is 42.5 Å². The fraction of sp³-hybridized carbons (Fsp3) is 0.333. The number of halogens is 1. The molecule has 2 aromatic carbocycles. The summed E-state index contributed by atoms with van der Waals surface area (Å²) in [4.78, 5) is 0. The number of nitrogens with one attached hydrogen (secondary N) is 1. The first-order valence-electron chi connectivity index (χ1n) is 7.07. The highest BCUT2D eigenvalue weighted by Gasteiger charge is 2.11. The molecule has 1 unspecified atom stereocenters. The summed E-state index contributed by atoms with van der Waals surface area (Å²) in [5.74, 6) is -0.161. The number of hydrogen-bond acceptors (Lipinski definition) is 1. The van der Waals surface area contributed by atoms with Gasteiger partial charge in [0.25, 0.3) is 0 Å². The van der Waals surface area contributed by atoms with E-state index in [1.54, 1.807) is 12.1 Å². The SMILES string of the molecule is CNC(Cc1ccccc1C)Cc1ccc(F)cc1C. The minimum atomic E-state index is -0.161. The molecule has 2 aromatic rings. The van der Waals surface area contributed by atoms with Gasteiger partial charge in [0.1, 0.15) is 5.82 Å². The Hall–Kier alpha value is -1.67. The van der Waals surface area contributed by atoms with Crippen LogP contribution in [0.2, 0.25) is 0 Å². The average Bonchev–Trinajstić information content (AvgIpc) is 2.43. The van der Waals surface area contributed by atoms with Crippen LogP contribution in [0.25, 0.3) is 0 Å². The molecule has 106 valence electrons. The average molecular weight is 271 g/mol. The van der Waals surface area contributed by atoms with E-state index in [0.29, 0.717) is 6.04 Å². The molecule has 0 aromatic heterocycles. The predicted molar refractivity (Wildman–Crippen MR) is 82.6 cm³/mol. The lowest BCUT2D eigenvalue weighted by Gasteiger charge is -2.19. The third-order valence-corrected chi connectivity index (χ3v) is 3.91. The highest BCUT2D eigenvalue weighted by Crippen LogP contribution is 2.16. The van der Waals surface area contributed by atoms with Gasteiger partial charge in [0.05, 0.1) is 0 Å². The number of aryl methyl sites for hydroxylation is 2. The van der Waals surface area contributed by atoms with E-state index in [-0.39, 0.29) is 5.82 Å². The van der Waals surface area contributed by atoms with Crippen molar-refractivity contribution in [2.24, 2.45) is 0 Å². The fourth-order valence-corrected chi connectivity index (χ4v) is 2.53. The molecule has 0 bridgehead atoms. The summed E-state index contributed by atoms with van der Waals surface area (Å²) in [5.41, 5.74) is 4.92. The lowest BCUT2D eigenvalue weighted by Crippen LogP contribution is -2.30. The van der Waals surface area contributed by atoms with Crippen molar-refractivity contribution in [3.8, 4) is 0 Å². The van der Waals surface area contributed by atoms with Crippen molar-refractivity contribution in [3.63, 3.8) is 0 Å². The number of likely N-dealkylation sites (N-methyl/N-ethyl adjacent to an activating group) is 1. The van der Waals surface area contributed by atoms with E-state index in [0.717, 1.165) is 18.4 Å². The van der Waals surface area contributed by atoms with Gasteiger partial charge >= 0.3 is 0 Å². The summed E-state index contributed by atoms with van der Waals surface area (Å²) in [7, 11) is 1.99. The standard InChI is InChI=1S/C18H22FN/c1-13-6-4-5-7-15(13)11-18(20-3)12-16-8-9-17(19)10-14(16)2/h4-10,18,20H,11-12H2,1-3H3. The second kappa shape index (κ2) is 6.67. The van der Waals surface area contributed by atoms with Crippen LogP contribution in [0, 0.1) is 19.7 Å². The molecule has 20 heavy (non-hydrogen) atoms. The molecular weight excluding hydrogens is 249 g/mol. The van der Waals surface area contributed by atoms with Crippen molar-refractivity contribution < 1.29 is 4.39 Å². The zero-order valence-electron chi connectivity index (χ0n) is 12.4. The molecule has 0 amide bonds. The normalized spacial score (nSPS) is 12.4. The Morgan fingerprint density at radius 3 is 2.20 bits per heavy atom. The monoisotopic (exact) mass is 271 g/mol. The van der Waals surface area contributed by atoms with Crippen LogP contribution in [0.5, 0.6) is 0 Å². The smallest absolute Gasteiger partial charge is 0.123 e. The fourth-order valence-electron chi connectivity index (χ4n) is 2.53. The van der Waals surface area contributed by atoms with Gasteiger partial charge < -0.3 is 5.32 Å². The van der Waals surface area contributed by atoms with E-state index >= 15 is 0 Å². The van der Waals surface area contributed by atoms with Crippen LogP contribution in [0.4, 0.5) is 4.39 Å². The zero-order chi connectivity index (χ0) is 14.5. The Kier molecular flexibility index (Phi) is 4.91. The van der Waals surface area contributed by atoms with E-state index in [4.69, 9.17) is 0 Å². The molecule has 0 aliphatic heterocycles. The van der Waals surface area contributed by atoms with Crippen LogP contribution in [0.1, 0.15) is 22.3 Å². The maximum Gasteiger partial charge on any atom is 0.123 e. The predicted octanol–water partition coefficient (Wildman–Crippen LogP) is 3.82. The van der Waals surface area contributed by atoms with Gasteiger partial charge in [-0.1, -0.05) is 30.3 Å². The Morgan fingerprint density at radius 2 is 1.60 bits per heavy atom. The molecule has 2 heteroatoms. The Bertz CT molecular complexity index is 577. The number of benzene rings is 2. The van der Waals surface area contributed by atoms with Gasteiger partial charge in [-0.2, -0.15) is 0 Å². The molecule has 1 atom stereocenters. The molecule has 0 aliphatic rings. The molecular formula is C18H22FN. The molecule has 0 saturated heterocycles. The van der Waals surface area contributed by atoms with Crippen LogP contribution >= 0.6 is 0 Å². The van der Waals surface area contributed by atoms with Gasteiger partial charge in [-0.3, -0.25) is 0 Å². The highest BCUT2D eigenvalue weighted by atomic mass is 19.1. The van der Waals surface area contributed by atoms with Gasteiger partial charge in [-0.25, -0.2) is 4.39 Å². The first-order valence-corrected chi connectivity index (χ1v) is 7.07. The first kappa shape index (κ1) is 14.7. The van der Waals surface area contributed by atoms with E-state index < -0.39 is 0 Å². The quantitative estimate of drug-likeness (QED) is 0.872. The highest BCUT2D eigenvalue weighted by molar-refractivity contribution is 5.29. The van der Waals surface area contributed by atoms with Crippen molar-refractivity contribution in [1.82, 2.24) is 5.32 Å². The van der Waals surface area contributed by atoms with Crippen molar-refractivity contribution in [2.45, 2.75) is 32.7 Å². The van der Waals surface area contributed by atoms with Crippen molar-refractivity contribution >= 4 is 0 Å². The number of rotatable bonds is 5. The lowest BCUT2D eigenvalue weighted by atomic mass is 9.94. The van der Waals surface area contributed by atoms with E-state index in [1.807, 2.05) is 20.0 Å². The van der Waals surface area contributed by atoms with E-state index in [2.05, 4.69) is 36.5 Å². The Labute approximate surface area is 120 Å². The summed E-state index contributed by atoms with van der Waals surface area (Å²) in [5, 5.41) is 3.37. The molecule has 0 fully saturated rings. The van der Waals surface area contributed by atoms with Crippen molar-refractivity contribution in [2.75, 3.05) is 7.05 Å². The van der Waals surface area contributed by atoms with Crippen molar-refractivity contribution in [1.29, 1.82) is 0 Å². The van der Waals surface area contributed by atoms with Crippen LogP contribution in [-0.2, 0) is 12.8 Å². The molecule has 2 rings (SSSR count). The zero-order valence-corrected chi connectivity index (χ0v) is 12.4. The minimum Gasteiger partial charge on any atom is -0.316 e. The van der Waals surface area contributed by atoms with Gasteiger partial charge in [0, 0.05) is 6.04 Å². The molecule has 0 saturated carbocycles. The van der Waals surface area contributed by atoms with Crippen molar-refractivity contribution in [3.05, 3.63) is 70.5 Å². The van der Waals surface area contributed by atoms with Crippen LogP contribution in [-0.4, -0.2) is 13.1 Å². The molecule has 0 aliphatic carbocycles. The second-order valence-corrected chi connectivity index (χ2v) is 5.39. The molecule has 0 radical (unpaired) electrons. The molecule has 0 spiro atoms. The summed E-state index contributed by atoms with van der Waals surface area (Å²) in [6.07, 6.45) is 1.90. The summed E-state index contributed by atoms with van der Waals surface area (Å²) in [6.45, 7) is 4.12. The molecule has 1 N–H and O–H groups in total. The third kappa shape index (κ3) is 3.67. The largest absolute Gasteiger partial charge is 0.316 e. The molecule has 1 nitrogen and oxygen atoms in total. The van der Waals surface area contributed by atoms with Crippen LogP contribution in [0.3, 0.4) is 0 Å². The Morgan fingerprint density at radius 1 is 0.950 bits per heavy atom.